The van der Waals surface area contributed by atoms with Crippen molar-refractivity contribution in [3.63, 3.8) is 0 Å². The molecule has 0 aliphatic carbocycles. The van der Waals surface area contributed by atoms with Crippen LogP contribution < -0.4 is 5.32 Å². The van der Waals surface area contributed by atoms with E-state index in [1.54, 1.807) is 11.8 Å². The molecule has 1 N–H and O–H groups in total. The highest BCUT2D eigenvalue weighted by molar-refractivity contribution is 7.99. The summed E-state index contributed by atoms with van der Waals surface area (Å²) in [5, 5.41) is 10.7. The Morgan fingerprint density at radius 1 is 1.19 bits per heavy atom. The van der Waals surface area contributed by atoms with E-state index in [0.29, 0.717) is 17.6 Å². The van der Waals surface area contributed by atoms with E-state index in [-0.39, 0.29) is 11.6 Å². The average Bonchev–Trinajstić information content (AvgIpc) is 3.03. The number of carbonyl (C=O) groups is 1. The van der Waals surface area contributed by atoms with E-state index in [0.717, 1.165) is 11.6 Å². The van der Waals surface area contributed by atoms with E-state index in [2.05, 4.69) is 41.5 Å². The Bertz CT molecular complexity index is 894. The fourth-order valence-electron chi connectivity index (χ4n) is 2.31. The van der Waals surface area contributed by atoms with Crippen molar-refractivity contribution in [2.75, 3.05) is 5.32 Å². The molecule has 0 saturated carbocycles. The molecule has 0 atom stereocenters. The first-order valence-electron chi connectivity index (χ1n) is 8.14. The maximum atomic E-state index is 13.2. The number of carbonyl (C=O) groups excluding carboxylic acids is 1. The van der Waals surface area contributed by atoms with Gasteiger partial charge in [-0.15, -0.1) is 16.9 Å². The second kappa shape index (κ2) is 8.14. The van der Waals surface area contributed by atoms with Crippen LogP contribution in [0.5, 0.6) is 0 Å². The third-order valence-electron chi connectivity index (χ3n) is 3.42. The van der Waals surface area contributed by atoms with Crippen molar-refractivity contribution in [2.45, 2.75) is 30.4 Å². The Kier molecular flexibility index (Phi) is 5.68. The van der Waals surface area contributed by atoms with Crippen molar-refractivity contribution in [2.24, 2.45) is 0 Å². The summed E-state index contributed by atoms with van der Waals surface area (Å²) in [6.45, 7) is 4.30. The molecule has 0 aliphatic rings. The van der Waals surface area contributed by atoms with Gasteiger partial charge in [-0.3, -0.25) is 10.1 Å². The van der Waals surface area contributed by atoms with Gasteiger partial charge in [-0.25, -0.2) is 4.39 Å². The largest absolute Gasteiger partial charge is 0.407 e. The highest BCUT2D eigenvalue weighted by atomic mass is 32.2. The van der Waals surface area contributed by atoms with Crippen LogP contribution >= 0.6 is 11.8 Å². The van der Waals surface area contributed by atoms with Crippen LogP contribution in [0.25, 0.3) is 0 Å². The third kappa shape index (κ3) is 4.92. The number of aromatic nitrogens is 2. The summed E-state index contributed by atoms with van der Waals surface area (Å²) in [4.78, 5) is 13.3. The Balaban J connectivity index is 1.62. The minimum Gasteiger partial charge on any atom is -0.407 e. The van der Waals surface area contributed by atoms with Gasteiger partial charge in [0.25, 0.3) is 5.91 Å². The smallest absolute Gasteiger partial charge is 0.322 e. The van der Waals surface area contributed by atoms with E-state index in [9.17, 15) is 9.18 Å². The molecular formula is C19H18FN3O2S. The molecule has 3 rings (SSSR count). The van der Waals surface area contributed by atoms with Crippen molar-refractivity contribution >= 4 is 23.7 Å². The van der Waals surface area contributed by atoms with Crippen LogP contribution in [0.3, 0.4) is 0 Å². The van der Waals surface area contributed by atoms with Crippen molar-refractivity contribution in [3.05, 3.63) is 71.4 Å². The van der Waals surface area contributed by atoms with Gasteiger partial charge in [0.15, 0.2) is 0 Å². The van der Waals surface area contributed by atoms with E-state index < -0.39 is 11.7 Å². The van der Waals surface area contributed by atoms with Gasteiger partial charge in [-0.05, 0) is 35.9 Å². The molecule has 0 radical (unpaired) electrons. The molecule has 5 nitrogen and oxygen atoms in total. The van der Waals surface area contributed by atoms with Crippen LogP contribution in [0, 0.1) is 5.82 Å². The number of hydrogen-bond donors (Lipinski definition) is 1. The normalized spacial score (nSPS) is 10.9. The fourth-order valence-corrected chi connectivity index (χ4v) is 3.14. The summed E-state index contributed by atoms with van der Waals surface area (Å²) >= 11 is 1.80. The van der Waals surface area contributed by atoms with Crippen molar-refractivity contribution in [3.8, 4) is 0 Å². The maximum Gasteiger partial charge on any atom is 0.322 e. The molecule has 0 spiro atoms. The summed E-state index contributed by atoms with van der Waals surface area (Å²) in [5.74, 6) is -0.596. The second-order valence-electron chi connectivity index (χ2n) is 5.95. The van der Waals surface area contributed by atoms with E-state index in [1.807, 2.05) is 12.1 Å². The van der Waals surface area contributed by atoms with Crippen LogP contribution in [0.2, 0.25) is 0 Å². The Labute approximate surface area is 155 Å². The molecule has 0 bridgehead atoms. The molecular weight excluding hydrogens is 353 g/mol. The molecule has 0 aliphatic heterocycles. The molecule has 1 amide bonds. The number of halogens is 1. The summed E-state index contributed by atoms with van der Waals surface area (Å²) in [6.07, 6.45) is 0.468. The van der Waals surface area contributed by atoms with Gasteiger partial charge in [0, 0.05) is 15.7 Å². The number of nitrogens with one attached hydrogen (secondary N) is 1. The van der Waals surface area contributed by atoms with Crippen molar-refractivity contribution < 1.29 is 13.6 Å². The van der Waals surface area contributed by atoms with E-state index in [1.165, 1.54) is 23.1 Å². The number of thioether (sulfide) groups is 1. The highest BCUT2D eigenvalue weighted by Crippen LogP contribution is 2.23. The lowest BCUT2D eigenvalue weighted by Crippen LogP contribution is -2.12. The molecule has 3 aromatic rings. The van der Waals surface area contributed by atoms with Gasteiger partial charge in [-0.2, -0.15) is 0 Å². The molecule has 1 aromatic heterocycles. The number of anilines is 1. The van der Waals surface area contributed by atoms with Crippen molar-refractivity contribution in [1.82, 2.24) is 10.2 Å². The van der Waals surface area contributed by atoms with Gasteiger partial charge < -0.3 is 4.42 Å². The van der Waals surface area contributed by atoms with E-state index >= 15 is 0 Å². The van der Waals surface area contributed by atoms with Crippen LogP contribution in [0.1, 0.15) is 35.7 Å². The zero-order chi connectivity index (χ0) is 18.5. The molecule has 2 aromatic carbocycles. The van der Waals surface area contributed by atoms with Gasteiger partial charge in [-0.1, -0.05) is 37.1 Å². The summed E-state index contributed by atoms with van der Waals surface area (Å²) in [6, 6.07) is 13.5. The number of benzene rings is 2. The lowest BCUT2D eigenvalue weighted by molar-refractivity contribution is 0.102. The standard InChI is InChI=1S/C19H18FN3O2S/c1-12(2)26-16-8-6-13(7-9-16)10-17-22-23-19(25-17)21-18(24)14-4-3-5-15(20)11-14/h3-9,11-12H,10H2,1-2H3,(H,21,23,24). The Morgan fingerprint density at radius 2 is 1.96 bits per heavy atom. The van der Waals surface area contributed by atoms with Crippen LogP contribution in [-0.4, -0.2) is 21.4 Å². The minimum atomic E-state index is -0.505. The predicted octanol–water partition coefficient (Wildman–Crippen LogP) is 4.55. The third-order valence-corrected chi connectivity index (χ3v) is 4.44. The highest BCUT2D eigenvalue weighted by Gasteiger charge is 2.12. The number of amides is 1. The quantitative estimate of drug-likeness (QED) is 0.644. The van der Waals surface area contributed by atoms with Gasteiger partial charge in [0.1, 0.15) is 5.82 Å². The number of nitrogens with zero attached hydrogens (tertiary/aromatic N) is 2. The lowest BCUT2D eigenvalue weighted by Gasteiger charge is -2.05. The van der Waals surface area contributed by atoms with E-state index in [4.69, 9.17) is 4.42 Å². The lowest BCUT2D eigenvalue weighted by atomic mass is 10.1. The summed E-state index contributed by atoms with van der Waals surface area (Å²) < 4.78 is 18.6. The minimum absolute atomic E-state index is 0.0127. The van der Waals surface area contributed by atoms with Crippen LogP contribution in [0.15, 0.2) is 57.8 Å². The molecule has 0 saturated heterocycles. The molecule has 0 fully saturated rings. The summed E-state index contributed by atoms with van der Waals surface area (Å²) in [7, 11) is 0. The monoisotopic (exact) mass is 371 g/mol. The molecule has 7 heteroatoms. The van der Waals surface area contributed by atoms with Gasteiger partial charge >= 0.3 is 6.01 Å². The zero-order valence-corrected chi connectivity index (χ0v) is 15.2. The van der Waals surface area contributed by atoms with Crippen LogP contribution in [-0.2, 0) is 6.42 Å². The zero-order valence-electron chi connectivity index (χ0n) is 14.4. The molecule has 1 heterocycles. The van der Waals surface area contributed by atoms with Crippen LogP contribution in [0.4, 0.5) is 10.4 Å². The fraction of sp³-hybridized carbons (Fsp3) is 0.211. The predicted molar refractivity (Wildman–Crippen MR) is 98.9 cm³/mol. The average molecular weight is 371 g/mol. The molecule has 0 unspecified atom stereocenters. The molecule has 26 heavy (non-hydrogen) atoms. The SMILES string of the molecule is CC(C)Sc1ccc(Cc2nnc(NC(=O)c3cccc(F)c3)o2)cc1. The first-order chi connectivity index (χ1) is 12.5. The van der Waals surface area contributed by atoms with Crippen molar-refractivity contribution in [1.29, 1.82) is 0 Å². The number of rotatable bonds is 6. The first kappa shape index (κ1) is 18.1. The van der Waals surface area contributed by atoms with Gasteiger partial charge in [0.05, 0.1) is 6.42 Å². The Hall–Kier alpha value is -2.67. The van der Waals surface area contributed by atoms with Gasteiger partial charge in [0.2, 0.25) is 5.89 Å². The topological polar surface area (TPSA) is 68.0 Å². The first-order valence-corrected chi connectivity index (χ1v) is 9.02. The second-order valence-corrected chi connectivity index (χ2v) is 7.60. The Morgan fingerprint density at radius 3 is 2.65 bits per heavy atom. The molecule has 134 valence electrons. The summed E-state index contributed by atoms with van der Waals surface area (Å²) in [5.41, 5.74) is 1.22. The number of hydrogen-bond acceptors (Lipinski definition) is 5. The maximum absolute atomic E-state index is 13.2.